The number of para-hydroxylation sites is 1. The van der Waals surface area contributed by atoms with Crippen LogP contribution in [0.3, 0.4) is 0 Å². The van der Waals surface area contributed by atoms with Gasteiger partial charge in [0, 0.05) is 26.7 Å². The molecule has 2 rings (SSSR count). The van der Waals surface area contributed by atoms with Crippen molar-refractivity contribution in [3.63, 3.8) is 0 Å². The first-order chi connectivity index (χ1) is 10.1. The number of hydrogen-bond acceptors (Lipinski definition) is 4. The third-order valence-electron chi connectivity index (χ3n) is 3.76. The Hall–Kier alpha value is -1.11. The number of methoxy groups -OCH3 is 1. The molecule has 1 unspecified atom stereocenters. The van der Waals surface area contributed by atoms with E-state index in [1.165, 1.54) is 0 Å². The molecule has 6 heteroatoms. The molecule has 5 nitrogen and oxygen atoms in total. The Morgan fingerprint density at radius 2 is 2.14 bits per heavy atom. The summed E-state index contributed by atoms with van der Waals surface area (Å²) >= 11 is 0. The van der Waals surface area contributed by atoms with Gasteiger partial charge >= 0.3 is 0 Å². The van der Waals surface area contributed by atoms with Crippen LogP contribution in [0.15, 0.2) is 29.2 Å². The summed E-state index contributed by atoms with van der Waals surface area (Å²) in [6, 6.07) is 7.10. The zero-order valence-electron chi connectivity index (χ0n) is 12.7. The minimum Gasteiger partial charge on any atom is -0.384 e. The number of anilines is 1. The second-order valence-electron chi connectivity index (χ2n) is 5.35. The van der Waals surface area contributed by atoms with E-state index in [1.54, 1.807) is 23.5 Å². The highest BCUT2D eigenvalue weighted by atomic mass is 32.2. The van der Waals surface area contributed by atoms with Gasteiger partial charge in [-0.3, -0.25) is 0 Å². The van der Waals surface area contributed by atoms with Gasteiger partial charge in [-0.05, 0) is 37.8 Å². The number of nitrogens with one attached hydrogen (secondary N) is 1. The van der Waals surface area contributed by atoms with Crippen LogP contribution in [0.1, 0.15) is 19.8 Å². The van der Waals surface area contributed by atoms with E-state index in [0.717, 1.165) is 12.8 Å². The molecule has 1 aliphatic rings. The van der Waals surface area contributed by atoms with E-state index < -0.39 is 10.0 Å². The van der Waals surface area contributed by atoms with E-state index >= 15 is 0 Å². The molecule has 1 heterocycles. The first kappa shape index (κ1) is 16.3. The molecule has 1 saturated heterocycles. The summed E-state index contributed by atoms with van der Waals surface area (Å²) in [5, 5.41) is 3.13. The highest BCUT2D eigenvalue weighted by Crippen LogP contribution is 2.28. The fourth-order valence-electron chi connectivity index (χ4n) is 2.78. The summed E-state index contributed by atoms with van der Waals surface area (Å²) in [5.74, 6) is 0.282. The maximum absolute atomic E-state index is 12.9. The van der Waals surface area contributed by atoms with Gasteiger partial charge in [-0.2, -0.15) is 4.31 Å². The van der Waals surface area contributed by atoms with Crippen molar-refractivity contribution in [2.24, 2.45) is 5.92 Å². The predicted octanol–water partition coefficient (Wildman–Crippen LogP) is 2.17. The molecule has 0 saturated carbocycles. The number of nitrogens with zero attached hydrogens (tertiary/aromatic N) is 1. The summed E-state index contributed by atoms with van der Waals surface area (Å²) in [7, 11) is -1.79. The first-order valence-corrected chi connectivity index (χ1v) is 8.85. The minimum atomic E-state index is -3.45. The predicted molar refractivity (Wildman–Crippen MR) is 84.0 cm³/mol. The Kier molecular flexibility index (Phi) is 5.61. The van der Waals surface area contributed by atoms with Crippen LogP contribution < -0.4 is 5.32 Å². The smallest absolute Gasteiger partial charge is 0.245 e. The minimum absolute atomic E-state index is 0.282. The second kappa shape index (κ2) is 7.24. The summed E-state index contributed by atoms with van der Waals surface area (Å²) in [6.07, 6.45) is 1.91. The van der Waals surface area contributed by atoms with Gasteiger partial charge in [-0.25, -0.2) is 8.42 Å². The van der Waals surface area contributed by atoms with Gasteiger partial charge in [0.1, 0.15) is 4.90 Å². The Balaban J connectivity index is 2.25. The molecule has 0 spiro atoms. The van der Waals surface area contributed by atoms with Crippen molar-refractivity contribution in [1.29, 1.82) is 0 Å². The lowest BCUT2D eigenvalue weighted by atomic mass is 10.0. The van der Waals surface area contributed by atoms with Crippen molar-refractivity contribution >= 4 is 15.7 Å². The quantitative estimate of drug-likeness (QED) is 0.874. The van der Waals surface area contributed by atoms with Crippen molar-refractivity contribution in [2.75, 3.05) is 38.7 Å². The lowest BCUT2D eigenvalue weighted by Crippen LogP contribution is -2.41. The molecule has 0 bridgehead atoms. The Morgan fingerprint density at radius 3 is 2.86 bits per heavy atom. The lowest BCUT2D eigenvalue weighted by molar-refractivity contribution is 0.118. The molecule has 21 heavy (non-hydrogen) atoms. The average molecular weight is 312 g/mol. The van der Waals surface area contributed by atoms with E-state index in [1.807, 2.05) is 19.1 Å². The topological polar surface area (TPSA) is 58.6 Å². The van der Waals surface area contributed by atoms with E-state index in [-0.39, 0.29) is 5.92 Å². The highest BCUT2D eigenvalue weighted by molar-refractivity contribution is 7.89. The summed E-state index contributed by atoms with van der Waals surface area (Å²) in [6.45, 7) is 4.39. The number of sulfonamides is 1. The zero-order chi connectivity index (χ0) is 15.3. The number of benzene rings is 1. The molecule has 1 aliphatic heterocycles. The van der Waals surface area contributed by atoms with Crippen LogP contribution in [0.2, 0.25) is 0 Å². The van der Waals surface area contributed by atoms with E-state index in [9.17, 15) is 8.42 Å². The van der Waals surface area contributed by atoms with Crippen LogP contribution in [0.4, 0.5) is 5.69 Å². The van der Waals surface area contributed by atoms with Gasteiger partial charge in [0.25, 0.3) is 0 Å². The molecular formula is C15H24N2O3S. The molecule has 1 atom stereocenters. The molecule has 1 aromatic rings. The Morgan fingerprint density at radius 1 is 1.38 bits per heavy atom. The standard InChI is InChI=1S/C15H24N2O3S/c1-3-16-14-8-4-5-9-15(14)21(18,19)17-10-6-7-13(11-17)12-20-2/h4-5,8-9,13,16H,3,6-7,10-12H2,1-2H3. The van der Waals surface area contributed by atoms with Crippen LogP contribution >= 0.6 is 0 Å². The van der Waals surface area contributed by atoms with Crippen molar-refractivity contribution < 1.29 is 13.2 Å². The van der Waals surface area contributed by atoms with Gasteiger partial charge in [0.15, 0.2) is 0 Å². The van der Waals surface area contributed by atoms with Crippen molar-refractivity contribution in [1.82, 2.24) is 4.31 Å². The number of rotatable bonds is 6. The van der Waals surface area contributed by atoms with Crippen LogP contribution in [0.5, 0.6) is 0 Å². The Bertz CT molecular complexity index is 558. The number of ether oxygens (including phenoxy) is 1. The summed E-state index contributed by atoms with van der Waals surface area (Å²) in [4.78, 5) is 0.366. The number of hydrogen-bond donors (Lipinski definition) is 1. The van der Waals surface area contributed by atoms with Crippen LogP contribution in [0.25, 0.3) is 0 Å². The van der Waals surface area contributed by atoms with Crippen LogP contribution in [0, 0.1) is 5.92 Å². The van der Waals surface area contributed by atoms with Crippen LogP contribution in [-0.2, 0) is 14.8 Å². The fourth-order valence-corrected chi connectivity index (χ4v) is 4.51. The lowest BCUT2D eigenvalue weighted by Gasteiger charge is -2.32. The highest BCUT2D eigenvalue weighted by Gasteiger charge is 2.31. The molecule has 1 aromatic carbocycles. The van der Waals surface area contributed by atoms with Gasteiger partial charge < -0.3 is 10.1 Å². The average Bonchev–Trinajstić information content (AvgIpc) is 2.49. The second-order valence-corrected chi connectivity index (χ2v) is 7.26. The molecule has 1 N–H and O–H groups in total. The van der Waals surface area contributed by atoms with E-state index in [4.69, 9.17) is 4.74 Å². The zero-order valence-corrected chi connectivity index (χ0v) is 13.5. The molecule has 0 aromatic heterocycles. The summed E-state index contributed by atoms with van der Waals surface area (Å²) in [5.41, 5.74) is 0.675. The Labute approximate surface area is 127 Å². The van der Waals surface area contributed by atoms with Gasteiger partial charge in [-0.1, -0.05) is 12.1 Å². The number of piperidine rings is 1. The van der Waals surface area contributed by atoms with E-state index in [0.29, 0.717) is 36.8 Å². The van der Waals surface area contributed by atoms with Crippen molar-refractivity contribution in [3.05, 3.63) is 24.3 Å². The molecule has 118 valence electrons. The maximum atomic E-state index is 12.9. The fraction of sp³-hybridized carbons (Fsp3) is 0.600. The van der Waals surface area contributed by atoms with E-state index in [2.05, 4.69) is 5.32 Å². The largest absolute Gasteiger partial charge is 0.384 e. The monoisotopic (exact) mass is 312 g/mol. The molecule has 0 aliphatic carbocycles. The van der Waals surface area contributed by atoms with Gasteiger partial charge in [0.05, 0.1) is 12.3 Å². The third-order valence-corrected chi connectivity index (χ3v) is 5.68. The SMILES string of the molecule is CCNc1ccccc1S(=O)(=O)N1CCCC(COC)C1. The van der Waals surface area contributed by atoms with Crippen molar-refractivity contribution in [2.45, 2.75) is 24.7 Å². The molecule has 1 fully saturated rings. The molecular weight excluding hydrogens is 288 g/mol. The molecule has 0 amide bonds. The summed E-state index contributed by atoms with van der Waals surface area (Å²) < 4.78 is 32.5. The van der Waals surface area contributed by atoms with Crippen LogP contribution in [-0.4, -0.2) is 46.1 Å². The first-order valence-electron chi connectivity index (χ1n) is 7.41. The van der Waals surface area contributed by atoms with Gasteiger partial charge in [0.2, 0.25) is 10.0 Å². The third kappa shape index (κ3) is 3.75. The maximum Gasteiger partial charge on any atom is 0.245 e. The molecule has 0 radical (unpaired) electrons. The van der Waals surface area contributed by atoms with Crippen molar-refractivity contribution in [3.8, 4) is 0 Å². The normalized spacial score (nSPS) is 20.4. The van der Waals surface area contributed by atoms with Gasteiger partial charge in [-0.15, -0.1) is 0 Å².